The van der Waals surface area contributed by atoms with Gasteiger partial charge in [0, 0.05) is 37.7 Å². The normalized spacial score (nSPS) is 19.0. The minimum absolute atomic E-state index is 0.0361. The van der Waals surface area contributed by atoms with Gasteiger partial charge in [-0.1, -0.05) is 0 Å². The second-order valence-corrected chi connectivity index (χ2v) is 5.00. The highest BCUT2D eigenvalue weighted by molar-refractivity contribution is 5.93. The van der Waals surface area contributed by atoms with E-state index in [9.17, 15) is 9.59 Å². The van der Waals surface area contributed by atoms with E-state index in [-0.39, 0.29) is 17.5 Å². The molecule has 6 heteroatoms. The first-order valence-electron chi connectivity index (χ1n) is 6.69. The number of nitrogens with zero attached hydrogens (tertiary/aromatic N) is 3. The van der Waals surface area contributed by atoms with Crippen molar-refractivity contribution in [2.24, 2.45) is 0 Å². The van der Waals surface area contributed by atoms with Crippen molar-refractivity contribution in [3.63, 3.8) is 0 Å². The Kier molecular flexibility index (Phi) is 3.37. The van der Waals surface area contributed by atoms with Gasteiger partial charge in [0.25, 0.3) is 5.91 Å². The van der Waals surface area contributed by atoms with Crippen LogP contribution in [0.2, 0.25) is 0 Å². The lowest BCUT2D eigenvalue weighted by atomic mass is 10.0. The van der Waals surface area contributed by atoms with Crippen LogP contribution in [-0.2, 0) is 0 Å². The van der Waals surface area contributed by atoms with Crippen LogP contribution in [0.3, 0.4) is 0 Å². The van der Waals surface area contributed by atoms with Gasteiger partial charge in [0.05, 0.1) is 17.9 Å². The van der Waals surface area contributed by atoms with Crippen LogP contribution in [0.5, 0.6) is 0 Å². The van der Waals surface area contributed by atoms with Crippen LogP contribution in [0.15, 0.2) is 41.8 Å². The molecule has 20 heavy (non-hydrogen) atoms. The molecule has 2 aromatic rings. The Hall–Kier alpha value is -2.37. The molecule has 0 saturated carbocycles. The van der Waals surface area contributed by atoms with Crippen LogP contribution in [0.1, 0.15) is 29.2 Å². The van der Waals surface area contributed by atoms with Crippen molar-refractivity contribution in [2.75, 3.05) is 13.1 Å². The number of amides is 1. The van der Waals surface area contributed by atoms with Crippen molar-refractivity contribution in [3.05, 3.63) is 53.0 Å². The Labute approximate surface area is 116 Å². The third-order valence-corrected chi connectivity index (χ3v) is 3.66. The SMILES string of the molecule is O=C(c1ccc(=O)[nH]c1)N1CCC[C@@H](n2ccnc2)C1. The number of nitrogens with one attached hydrogen (secondary N) is 1. The first kappa shape index (κ1) is 12.7. The van der Waals surface area contributed by atoms with E-state index >= 15 is 0 Å². The fourth-order valence-corrected chi connectivity index (χ4v) is 2.59. The smallest absolute Gasteiger partial charge is 0.255 e. The maximum atomic E-state index is 12.4. The average Bonchev–Trinajstić information content (AvgIpc) is 3.02. The van der Waals surface area contributed by atoms with E-state index in [0.29, 0.717) is 12.1 Å². The molecule has 0 spiro atoms. The standard InChI is InChI=1S/C14H16N4O2/c19-13-4-3-11(8-16-13)14(20)17-6-1-2-12(9-17)18-7-5-15-10-18/h3-5,7-8,10,12H,1-2,6,9H2,(H,16,19)/t12-/m1/s1. The minimum Gasteiger partial charge on any atom is -0.337 e. The zero-order valence-electron chi connectivity index (χ0n) is 11.0. The maximum absolute atomic E-state index is 12.4. The number of piperidine rings is 1. The molecule has 0 aromatic carbocycles. The van der Waals surface area contributed by atoms with Gasteiger partial charge < -0.3 is 14.5 Å². The monoisotopic (exact) mass is 272 g/mol. The largest absolute Gasteiger partial charge is 0.337 e. The lowest BCUT2D eigenvalue weighted by Crippen LogP contribution is -2.40. The Balaban J connectivity index is 1.75. The van der Waals surface area contributed by atoms with E-state index < -0.39 is 0 Å². The molecular weight excluding hydrogens is 256 g/mol. The first-order chi connectivity index (χ1) is 9.74. The van der Waals surface area contributed by atoms with Crippen molar-refractivity contribution in [3.8, 4) is 0 Å². The highest BCUT2D eigenvalue weighted by Crippen LogP contribution is 2.22. The molecule has 2 aromatic heterocycles. The van der Waals surface area contributed by atoms with Gasteiger partial charge in [-0.25, -0.2) is 4.98 Å². The predicted octanol–water partition coefficient (Wildman–Crippen LogP) is 1.05. The highest BCUT2D eigenvalue weighted by Gasteiger charge is 2.25. The number of likely N-dealkylation sites (tertiary alicyclic amines) is 1. The predicted molar refractivity (Wildman–Crippen MR) is 73.5 cm³/mol. The van der Waals surface area contributed by atoms with Crippen molar-refractivity contribution in [1.82, 2.24) is 19.4 Å². The third kappa shape index (κ3) is 2.49. The van der Waals surface area contributed by atoms with E-state index in [2.05, 4.69) is 9.97 Å². The van der Waals surface area contributed by atoms with Crippen molar-refractivity contribution in [2.45, 2.75) is 18.9 Å². The van der Waals surface area contributed by atoms with E-state index in [4.69, 9.17) is 0 Å². The van der Waals surface area contributed by atoms with Gasteiger partial charge in [0.2, 0.25) is 5.56 Å². The molecule has 3 heterocycles. The number of pyridine rings is 1. The summed E-state index contributed by atoms with van der Waals surface area (Å²) >= 11 is 0. The zero-order valence-corrected chi connectivity index (χ0v) is 11.0. The molecule has 1 N–H and O–H groups in total. The topological polar surface area (TPSA) is 71.0 Å². The van der Waals surface area contributed by atoms with E-state index in [0.717, 1.165) is 19.4 Å². The summed E-state index contributed by atoms with van der Waals surface area (Å²) in [6, 6.07) is 3.23. The molecule has 0 bridgehead atoms. The summed E-state index contributed by atoms with van der Waals surface area (Å²) in [6.45, 7) is 1.43. The Morgan fingerprint density at radius 3 is 3.00 bits per heavy atom. The van der Waals surface area contributed by atoms with Crippen molar-refractivity contribution >= 4 is 5.91 Å². The number of carbonyl (C=O) groups excluding carboxylic acids is 1. The summed E-state index contributed by atoms with van der Waals surface area (Å²) in [5.41, 5.74) is 0.326. The number of aromatic amines is 1. The number of hydrogen-bond acceptors (Lipinski definition) is 3. The van der Waals surface area contributed by atoms with Gasteiger partial charge in [-0.3, -0.25) is 9.59 Å². The first-order valence-corrected chi connectivity index (χ1v) is 6.69. The number of rotatable bonds is 2. The molecule has 104 valence electrons. The molecule has 3 rings (SSSR count). The average molecular weight is 272 g/mol. The molecule has 1 fully saturated rings. The summed E-state index contributed by atoms with van der Waals surface area (Å²) in [6.07, 6.45) is 8.97. The number of aromatic nitrogens is 3. The second kappa shape index (κ2) is 5.32. The van der Waals surface area contributed by atoms with Crippen molar-refractivity contribution < 1.29 is 4.79 Å². The van der Waals surface area contributed by atoms with Gasteiger partial charge in [-0.05, 0) is 18.9 Å². The Morgan fingerprint density at radius 1 is 1.40 bits per heavy atom. The van der Waals surface area contributed by atoms with Crippen LogP contribution in [0.4, 0.5) is 0 Å². The quantitative estimate of drug-likeness (QED) is 0.888. The number of carbonyl (C=O) groups is 1. The molecular formula is C14H16N4O2. The van der Waals surface area contributed by atoms with Gasteiger partial charge in [-0.2, -0.15) is 0 Å². The molecule has 1 aliphatic rings. The molecule has 1 saturated heterocycles. The second-order valence-electron chi connectivity index (χ2n) is 5.00. The van der Waals surface area contributed by atoms with Crippen LogP contribution in [0.25, 0.3) is 0 Å². The maximum Gasteiger partial charge on any atom is 0.255 e. The van der Waals surface area contributed by atoms with Crippen LogP contribution < -0.4 is 5.56 Å². The summed E-state index contributed by atoms with van der Waals surface area (Å²) in [4.78, 5) is 31.9. The molecule has 0 radical (unpaired) electrons. The fraction of sp³-hybridized carbons (Fsp3) is 0.357. The summed E-state index contributed by atoms with van der Waals surface area (Å²) < 4.78 is 2.05. The number of hydrogen-bond donors (Lipinski definition) is 1. The third-order valence-electron chi connectivity index (χ3n) is 3.66. The zero-order chi connectivity index (χ0) is 13.9. The molecule has 1 amide bonds. The number of H-pyrrole nitrogens is 1. The Bertz CT molecular complexity index is 627. The fourth-order valence-electron chi connectivity index (χ4n) is 2.59. The van der Waals surface area contributed by atoms with Gasteiger partial charge in [0.1, 0.15) is 0 Å². The van der Waals surface area contributed by atoms with Gasteiger partial charge in [-0.15, -0.1) is 0 Å². The molecule has 0 unspecified atom stereocenters. The van der Waals surface area contributed by atoms with Gasteiger partial charge in [0.15, 0.2) is 0 Å². The summed E-state index contributed by atoms with van der Waals surface area (Å²) in [5, 5.41) is 0. The molecule has 0 aliphatic carbocycles. The lowest BCUT2D eigenvalue weighted by molar-refractivity contribution is 0.0679. The van der Waals surface area contributed by atoms with Crippen LogP contribution in [0, 0.1) is 0 Å². The molecule has 1 aliphatic heterocycles. The van der Waals surface area contributed by atoms with Gasteiger partial charge >= 0.3 is 0 Å². The van der Waals surface area contributed by atoms with E-state index in [1.54, 1.807) is 18.6 Å². The van der Waals surface area contributed by atoms with E-state index in [1.807, 2.05) is 15.7 Å². The Morgan fingerprint density at radius 2 is 2.30 bits per heavy atom. The minimum atomic E-state index is -0.198. The van der Waals surface area contributed by atoms with Crippen LogP contribution >= 0.6 is 0 Å². The van der Waals surface area contributed by atoms with Crippen molar-refractivity contribution in [1.29, 1.82) is 0 Å². The summed E-state index contributed by atoms with van der Waals surface area (Å²) in [5.74, 6) is -0.0361. The van der Waals surface area contributed by atoms with Crippen LogP contribution in [-0.4, -0.2) is 38.4 Å². The van der Waals surface area contributed by atoms with E-state index in [1.165, 1.54) is 12.3 Å². The molecule has 1 atom stereocenters. The lowest BCUT2D eigenvalue weighted by Gasteiger charge is -2.33. The number of imidazole rings is 1. The summed E-state index contributed by atoms with van der Waals surface area (Å²) in [7, 11) is 0. The molecule has 6 nitrogen and oxygen atoms in total. The highest BCUT2D eigenvalue weighted by atomic mass is 16.2.